The maximum absolute atomic E-state index is 4.52. The van der Waals surface area contributed by atoms with Gasteiger partial charge in [-0.3, -0.25) is 0 Å². The summed E-state index contributed by atoms with van der Waals surface area (Å²) in [6.07, 6.45) is 0. The van der Waals surface area contributed by atoms with Crippen LogP contribution in [-0.4, -0.2) is 0 Å². The van der Waals surface area contributed by atoms with E-state index in [-0.39, 0.29) is 22.4 Å². The smallest absolute Gasteiger partial charge is 0.657 e. The Kier molecular flexibility index (Phi) is 2.46. The fourth-order valence-electron chi connectivity index (χ4n) is 1.73. The summed E-state index contributed by atoms with van der Waals surface area (Å²) in [4.78, 5) is 4.52. The van der Waals surface area contributed by atoms with Gasteiger partial charge in [0.15, 0.2) is 0 Å². The molecule has 0 aliphatic heterocycles. The molecule has 2 aromatic carbocycles. The third kappa shape index (κ3) is 1.30. The number of nitrogens with zero attached hydrogens (tertiary/aromatic N) is 1. The number of fused-ring (bicyclic) bond motifs is 3. The Bertz CT molecular complexity index is 518. The minimum absolute atomic E-state index is 0. The van der Waals surface area contributed by atoms with Crippen molar-refractivity contribution < 1.29 is 22.4 Å². The van der Waals surface area contributed by atoms with Crippen molar-refractivity contribution in [1.29, 1.82) is 0 Å². The molecule has 0 bridgehead atoms. The van der Waals surface area contributed by atoms with Crippen LogP contribution in [0.4, 0.5) is 0 Å². The number of hydrogen-bond acceptors (Lipinski definition) is 0. The van der Waals surface area contributed by atoms with Crippen molar-refractivity contribution in [3.63, 3.8) is 0 Å². The fraction of sp³-hybridized carbons (Fsp3) is 0. The fourth-order valence-corrected chi connectivity index (χ4v) is 1.73. The van der Waals surface area contributed by atoms with Gasteiger partial charge in [0.25, 0.3) is 0 Å². The molecule has 0 saturated heterocycles. The van der Waals surface area contributed by atoms with Crippen molar-refractivity contribution in [2.45, 2.75) is 0 Å². The van der Waals surface area contributed by atoms with Crippen molar-refractivity contribution in [3.05, 3.63) is 48.5 Å². The largest absolute Gasteiger partial charge is 1.00 e. The molecular weight excluding hydrogens is 266 g/mol. The van der Waals surface area contributed by atoms with Crippen molar-refractivity contribution in [2.75, 3.05) is 0 Å². The van der Waals surface area contributed by atoms with Gasteiger partial charge in [-0.15, -0.1) is 11.0 Å². The monoisotopic (exact) mass is 273 g/mol. The average Bonchev–Trinajstić information content (AvgIpc) is 2.56. The summed E-state index contributed by atoms with van der Waals surface area (Å²) in [5, 5.41) is 2.50. The van der Waals surface area contributed by atoms with Gasteiger partial charge in [0, 0.05) is 0 Å². The molecule has 3 aromatic rings. The molecule has 1 aromatic heterocycles. The van der Waals surface area contributed by atoms with Crippen LogP contribution < -0.4 is 4.98 Å². The average molecular weight is 274 g/mol. The van der Waals surface area contributed by atoms with Gasteiger partial charge < -0.3 is 4.98 Å². The minimum atomic E-state index is 0. The first-order valence-corrected chi connectivity index (χ1v) is 4.35. The van der Waals surface area contributed by atoms with E-state index >= 15 is 0 Å². The van der Waals surface area contributed by atoms with E-state index in [2.05, 4.69) is 41.4 Å². The first-order chi connectivity index (χ1) is 6.45. The molecule has 0 fully saturated rings. The molecule has 0 spiro atoms. The van der Waals surface area contributed by atoms with Crippen LogP contribution in [0.5, 0.6) is 0 Å². The van der Waals surface area contributed by atoms with Crippen LogP contribution in [0.2, 0.25) is 0 Å². The van der Waals surface area contributed by atoms with Crippen molar-refractivity contribution in [1.82, 2.24) is 4.98 Å². The van der Waals surface area contributed by atoms with Gasteiger partial charge >= 0.3 is 22.4 Å². The van der Waals surface area contributed by atoms with Gasteiger partial charge in [-0.05, 0) is 10.8 Å². The molecule has 1 heterocycles. The van der Waals surface area contributed by atoms with E-state index in [1.807, 2.05) is 12.1 Å². The van der Waals surface area contributed by atoms with E-state index in [1.54, 1.807) is 0 Å². The number of rotatable bonds is 0. The Balaban J connectivity index is 0.000000750. The van der Waals surface area contributed by atoms with Crippen LogP contribution in [-0.2, 0) is 22.4 Å². The number of aromatic nitrogens is 1. The Labute approximate surface area is 97.6 Å². The third-order valence-corrected chi connectivity index (χ3v) is 2.34. The molecule has 1 nitrogen and oxygen atoms in total. The van der Waals surface area contributed by atoms with E-state index in [1.165, 1.54) is 10.8 Å². The Hall–Kier alpha value is -1.02. The third-order valence-electron chi connectivity index (χ3n) is 2.34. The molecule has 0 N–H and O–H groups in total. The second-order valence-electron chi connectivity index (χ2n) is 3.15. The molecular formula is C12H8AgN. The normalized spacial score (nSPS) is 10.3. The summed E-state index contributed by atoms with van der Waals surface area (Å²) in [7, 11) is 0. The molecule has 0 unspecified atom stereocenters. The zero-order chi connectivity index (χ0) is 8.67. The van der Waals surface area contributed by atoms with Crippen molar-refractivity contribution >= 4 is 21.8 Å². The van der Waals surface area contributed by atoms with Crippen molar-refractivity contribution in [2.24, 2.45) is 0 Å². The molecule has 72 valence electrons. The maximum atomic E-state index is 4.52. The predicted molar refractivity (Wildman–Crippen MR) is 54.8 cm³/mol. The first-order valence-electron chi connectivity index (χ1n) is 4.35. The number of hydrogen-bond donors (Lipinski definition) is 0. The van der Waals surface area contributed by atoms with E-state index in [9.17, 15) is 0 Å². The zero-order valence-electron chi connectivity index (χ0n) is 7.37. The maximum Gasteiger partial charge on any atom is 1.00 e. The summed E-state index contributed by atoms with van der Waals surface area (Å²) in [5.74, 6) is 0. The van der Waals surface area contributed by atoms with Crippen LogP contribution in [0, 0.1) is 0 Å². The van der Waals surface area contributed by atoms with Gasteiger partial charge in [-0.2, -0.15) is 0 Å². The minimum Gasteiger partial charge on any atom is -0.657 e. The van der Waals surface area contributed by atoms with Crippen LogP contribution in [0.25, 0.3) is 21.8 Å². The van der Waals surface area contributed by atoms with Crippen LogP contribution in [0.15, 0.2) is 48.5 Å². The summed E-state index contributed by atoms with van der Waals surface area (Å²) >= 11 is 0. The number of para-hydroxylation sites is 2. The topological polar surface area (TPSA) is 14.1 Å². The van der Waals surface area contributed by atoms with Gasteiger partial charge in [0.05, 0.1) is 0 Å². The van der Waals surface area contributed by atoms with Crippen LogP contribution >= 0.6 is 0 Å². The molecule has 0 amide bonds. The second kappa shape index (κ2) is 3.62. The van der Waals surface area contributed by atoms with Gasteiger partial charge in [0.2, 0.25) is 0 Å². The Morgan fingerprint density at radius 1 is 0.643 bits per heavy atom. The molecule has 0 radical (unpaired) electrons. The second-order valence-corrected chi connectivity index (χ2v) is 3.15. The van der Waals surface area contributed by atoms with Crippen molar-refractivity contribution in [3.8, 4) is 0 Å². The van der Waals surface area contributed by atoms with E-state index in [0.717, 1.165) is 11.0 Å². The molecule has 0 saturated carbocycles. The molecule has 0 aliphatic carbocycles. The van der Waals surface area contributed by atoms with Gasteiger partial charge in [0.1, 0.15) is 0 Å². The van der Waals surface area contributed by atoms with Gasteiger partial charge in [-0.1, -0.05) is 48.5 Å². The quantitative estimate of drug-likeness (QED) is 0.575. The molecule has 2 heteroatoms. The summed E-state index contributed by atoms with van der Waals surface area (Å²) in [5.41, 5.74) is 2.17. The number of benzene rings is 2. The summed E-state index contributed by atoms with van der Waals surface area (Å²) < 4.78 is 0. The molecule has 0 aliphatic rings. The SMILES string of the molecule is [Ag+].c1ccc2c(c1)[n-]c1ccccc12. The molecule has 3 rings (SSSR count). The van der Waals surface area contributed by atoms with E-state index < -0.39 is 0 Å². The first kappa shape index (κ1) is 9.53. The zero-order valence-corrected chi connectivity index (χ0v) is 8.85. The molecule has 14 heavy (non-hydrogen) atoms. The van der Waals surface area contributed by atoms with Gasteiger partial charge in [-0.25, -0.2) is 0 Å². The predicted octanol–water partition coefficient (Wildman–Crippen LogP) is 2.95. The summed E-state index contributed by atoms with van der Waals surface area (Å²) in [6, 6.07) is 16.5. The van der Waals surface area contributed by atoms with Crippen LogP contribution in [0.1, 0.15) is 0 Å². The Morgan fingerprint density at radius 3 is 1.57 bits per heavy atom. The van der Waals surface area contributed by atoms with Crippen LogP contribution in [0.3, 0.4) is 0 Å². The summed E-state index contributed by atoms with van der Waals surface area (Å²) in [6.45, 7) is 0. The van der Waals surface area contributed by atoms with E-state index in [4.69, 9.17) is 0 Å². The standard InChI is InChI=1S/C12H8N.Ag/c1-3-7-11-9(5-1)10-6-2-4-8-12(10)13-11;/h1-8H;/q-1;+1. The Morgan fingerprint density at radius 2 is 1.07 bits per heavy atom. The van der Waals surface area contributed by atoms with E-state index in [0.29, 0.717) is 0 Å². The molecule has 0 atom stereocenters.